The molecule has 16 heavy (non-hydrogen) atoms. The number of carboxylic acids is 1. The molecule has 0 saturated carbocycles. The van der Waals surface area contributed by atoms with E-state index in [1.54, 1.807) is 0 Å². The number of carbonyl (C=O) groups is 1. The third kappa shape index (κ3) is 2.41. The lowest BCUT2D eigenvalue weighted by atomic mass is 10.1. The van der Waals surface area contributed by atoms with Crippen LogP contribution in [0.1, 0.15) is 11.1 Å². The highest BCUT2D eigenvalue weighted by Crippen LogP contribution is 2.26. The van der Waals surface area contributed by atoms with Gasteiger partial charge in [-0.15, -0.1) is 0 Å². The molecule has 0 aliphatic rings. The molecule has 0 aliphatic heterocycles. The van der Waals surface area contributed by atoms with Crippen molar-refractivity contribution < 1.29 is 19.2 Å². The number of nitro groups is 1. The van der Waals surface area contributed by atoms with Gasteiger partial charge < -0.3 is 5.11 Å². The van der Waals surface area contributed by atoms with Gasteiger partial charge in [-0.05, 0) is 25.1 Å². The van der Waals surface area contributed by atoms with Crippen LogP contribution < -0.4 is 0 Å². The van der Waals surface area contributed by atoms with E-state index in [0.29, 0.717) is 0 Å². The lowest BCUT2D eigenvalue weighted by molar-refractivity contribution is -0.385. The molecule has 0 atom stereocenters. The zero-order valence-corrected chi connectivity index (χ0v) is 8.31. The van der Waals surface area contributed by atoms with Crippen molar-refractivity contribution in [2.75, 3.05) is 0 Å². The van der Waals surface area contributed by atoms with Crippen molar-refractivity contribution in [2.24, 2.45) is 0 Å². The second-order valence-corrected chi connectivity index (χ2v) is 3.04. The molecule has 0 heterocycles. The number of hydrogen-bond donors (Lipinski definition) is 1. The molecule has 1 aromatic carbocycles. The van der Waals surface area contributed by atoms with Gasteiger partial charge in [0.25, 0.3) is 5.69 Å². The minimum Gasteiger partial charge on any atom is -0.478 e. The van der Waals surface area contributed by atoms with E-state index in [2.05, 4.69) is 0 Å². The monoisotopic (exact) mass is 225 g/mol. The Hall–Kier alpha value is -2.24. The first-order valence-corrected chi connectivity index (χ1v) is 4.28. The SMILES string of the molecule is Cc1c(F)ccc(/C=C/C(=O)O)c1[N+](=O)[O-]. The van der Waals surface area contributed by atoms with Crippen LogP contribution in [0.4, 0.5) is 10.1 Å². The first kappa shape index (κ1) is 11.8. The molecule has 5 nitrogen and oxygen atoms in total. The Morgan fingerprint density at radius 3 is 2.69 bits per heavy atom. The maximum absolute atomic E-state index is 13.1. The van der Waals surface area contributed by atoms with Crippen LogP contribution in [0, 0.1) is 22.9 Å². The van der Waals surface area contributed by atoms with Gasteiger partial charge in [0.1, 0.15) is 5.82 Å². The predicted molar refractivity (Wildman–Crippen MR) is 54.5 cm³/mol. The minimum atomic E-state index is -1.23. The number of halogens is 1. The average molecular weight is 225 g/mol. The van der Waals surface area contributed by atoms with Crippen molar-refractivity contribution in [2.45, 2.75) is 6.92 Å². The van der Waals surface area contributed by atoms with E-state index >= 15 is 0 Å². The summed E-state index contributed by atoms with van der Waals surface area (Å²) < 4.78 is 13.1. The standard InChI is InChI=1S/C10H8FNO4/c1-6-8(11)4-2-7(3-5-9(13)14)10(6)12(15)16/h2-5H,1H3,(H,13,14)/b5-3+. The van der Waals surface area contributed by atoms with E-state index in [-0.39, 0.29) is 11.1 Å². The fraction of sp³-hybridized carbons (Fsp3) is 0.100. The fourth-order valence-electron chi connectivity index (χ4n) is 1.23. The van der Waals surface area contributed by atoms with Crippen LogP contribution in [0.15, 0.2) is 18.2 Å². The molecule has 1 aromatic rings. The van der Waals surface area contributed by atoms with E-state index < -0.39 is 22.4 Å². The topological polar surface area (TPSA) is 80.4 Å². The summed E-state index contributed by atoms with van der Waals surface area (Å²) in [5.41, 5.74) is -0.471. The number of carboxylic acid groups (broad SMARTS) is 1. The van der Waals surface area contributed by atoms with Gasteiger partial charge in [-0.2, -0.15) is 0 Å². The molecular formula is C10H8FNO4. The van der Waals surface area contributed by atoms with Crippen molar-refractivity contribution in [3.8, 4) is 0 Å². The Kier molecular flexibility index (Phi) is 3.34. The van der Waals surface area contributed by atoms with Gasteiger partial charge in [-0.3, -0.25) is 10.1 Å². The number of rotatable bonds is 3. The molecule has 0 aromatic heterocycles. The summed E-state index contributed by atoms with van der Waals surface area (Å²) in [5, 5.41) is 19.1. The largest absolute Gasteiger partial charge is 0.478 e. The van der Waals surface area contributed by atoms with Crippen molar-refractivity contribution in [1.82, 2.24) is 0 Å². The summed E-state index contributed by atoms with van der Waals surface area (Å²) in [5.74, 6) is -1.92. The second kappa shape index (κ2) is 4.52. The molecule has 0 amide bonds. The molecule has 0 fully saturated rings. The lowest BCUT2D eigenvalue weighted by Gasteiger charge is -2.01. The summed E-state index contributed by atoms with van der Waals surface area (Å²) in [6, 6.07) is 2.23. The average Bonchev–Trinajstić information content (AvgIpc) is 2.19. The Labute approximate surface area is 90.0 Å². The Balaban J connectivity index is 3.34. The first-order chi connectivity index (χ1) is 7.43. The Morgan fingerprint density at radius 2 is 2.19 bits per heavy atom. The van der Waals surface area contributed by atoms with Crippen LogP contribution in [0.3, 0.4) is 0 Å². The van der Waals surface area contributed by atoms with Crippen LogP contribution in [0.25, 0.3) is 6.08 Å². The second-order valence-electron chi connectivity index (χ2n) is 3.04. The van der Waals surface area contributed by atoms with E-state index in [9.17, 15) is 19.3 Å². The fourth-order valence-corrected chi connectivity index (χ4v) is 1.23. The van der Waals surface area contributed by atoms with Crippen LogP contribution in [-0.4, -0.2) is 16.0 Å². The van der Waals surface area contributed by atoms with Crippen molar-refractivity contribution in [3.63, 3.8) is 0 Å². The Morgan fingerprint density at radius 1 is 1.56 bits per heavy atom. The highest BCUT2D eigenvalue weighted by molar-refractivity contribution is 5.86. The van der Waals surface area contributed by atoms with E-state index in [1.165, 1.54) is 13.0 Å². The lowest BCUT2D eigenvalue weighted by Crippen LogP contribution is -1.98. The van der Waals surface area contributed by atoms with Gasteiger partial charge in [0.05, 0.1) is 16.1 Å². The highest BCUT2D eigenvalue weighted by Gasteiger charge is 2.18. The summed E-state index contributed by atoms with van der Waals surface area (Å²) in [6.07, 6.45) is 1.83. The third-order valence-electron chi connectivity index (χ3n) is 1.98. The van der Waals surface area contributed by atoms with Crippen LogP contribution in [-0.2, 0) is 4.79 Å². The summed E-state index contributed by atoms with van der Waals surface area (Å²) in [7, 11) is 0. The zero-order chi connectivity index (χ0) is 12.3. The van der Waals surface area contributed by atoms with Gasteiger partial charge in [0.15, 0.2) is 0 Å². The Bertz CT molecular complexity index is 482. The van der Waals surface area contributed by atoms with Crippen LogP contribution in [0.2, 0.25) is 0 Å². The summed E-state index contributed by atoms with van der Waals surface area (Å²) in [6.45, 7) is 1.27. The number of aliphatic carboxylic acids is 1. The normalized spacial score (nSPS) is 10.6. The van der Waals surface area contributed by atoms with E-state index in [4.69, 9.17) is 5.11 Å². The van der Waals surface area contributed by atoms with Crippen molar-refractivity contribution in [3.05, 3.63) is 45.3 Å². The molecular weight excluding hydrogens is 217 g/mol. The number of hydrogen-bond acceptors (Lipinski definition) is 3. The maximum atomic E-state index is 13.1. The van der Waals surface area contributed by atoms with Crippen molar-refractivity contribution >= 4 is 17.7 Å². The van der Waals surface area contributed by atoms with E-state index in [1.807, 2.05) is 0 Å². The van der Waals surface area contributed by atoms with Gasteiger partial charge in [-0.1, -0.05) is 0 Å². The van der Waals surface area contributed by atoms with Gasteiger partial charge in [0, 0.05) is 6.08 Å². The third-order valence-corrected chi connectivity index (χ3v) is 1.98. The summed E-state index contributed by atoms with van der Waals surface area (Å²) in [4.78, 5) is 20.2. The highest BCUT2D eigenvalue weighted by atomic mass is 19.1. The molecule has 6 heteroatoms. The predicted octanol–water partition coefficient (Wildman–Crippen LogP) is 2.14. The quantitative estimate of drug-likeness (QED) is 0.485. The smallest absolute Gasteiger partial charge is 0.328 e. The van der Waals surface area contributed by atoms with Crippen LogP contribution in [0.5, 0.6) is 0 Å². The number of nitro benzene ring substituents is 1. The van der Waals surface area contributed by atoms with Gasteiger partial charge >= 0.3 is 5.97 Å². The molecule has 1 rings (SSSR count). The molecule has 0 bridgehead atoms. The number of benzene rings is 1. The number of nitrogens with zero attached hydrogens (tertiary/aromatic N) is 1. The molecule has 0 spiro atoms. The van der Waals surface area contributed by atoms with E-state index in [0.717, 1.165) is 18.2 Å². The molecule has 0 saturated heterocycles. The molecule has 0 aliphatic carbocycles. The zero-order valence-electron chi connectivity index (χ0n) is 8.31. The van der Waals surface area contributed by atoms with Gasteiger partial charge in [-0.25, -0.2) is 9.18 Å². The summed E-state index contributed by atoms with van der Waals surface area (Å²) >= 11 is 0. The molecule has 84 valence electrons. The van der Waals surface area contributed by atoms with Crippen LogP contribution >= 0.6 is 0 Å². The minimum absolute atomic E-state index is 0.0614. The molecule has 0 unspecified atom stereocenters. The first-order valence-electron chi connectivity index (χ1n) is 4.28. The molecule has 0 radical (unpaired) electrons. The molecule has 1 N–H and O–H groups in total. The van der Waals surface area contributed by atoms with Gasteiger partial charge in [0.2, 0.25) is 0 Å². The van der Waals surface area contributed by atoms with Crippen molar-refractivity contribution in [1.29, 1.82) is 0 Å². The maximum Gasteiger partial charge on any atom is 0.328 e.